The first-order valence-electron chi connectivity index (χ1n) is 11.8. The fourth-order valence-corrected chi connectivity index (χ4v) is 4.75. The zero-order chi connectivity index (χ0) is 28.3. The number of methoxy groups -OCH3 is 1. The van der Waals surface area contributed by atoms with Crippen molar-refractivity contribution in [1.82, 2.24) is 19.5 Å². The van der Waals surface area contributed by atoms with Gasteiger partial charge in [0, 0.05) is 50.3 Å². The van der Waals surface area contributed by atoms with Crippen LogP contribution in [-0.2, 0) is 16.0 Å². The van der Waals surface area contributed by atoms with E-state index in [4.69, 9.17) is 19.6 Å². The van der Waals surface area contributed by atoms with Crippen LogP contribution in [0.5, 0.6) is 5.88 Å². The van der Waals surface area contributed by atoms with Gasteiger partial charge in [0.05, 0.1) is 24.1 Å². The Kier molecular flexibility index (Phi) is 8.00. The van der Waals surface area contributed by atoms with Crippen LogP contribution in [0.3, 0.4) is 0 Å². The second-order valence-corrected chi connectivity index (χ2v) is 9.67. The Morgan fingerprint density at radius 1 is 1.18 bits per heavy atom. The minimum Gasteiger partial charge on any atom is -0.481 e. The maximum Gasteiger partial charge on any atom is 0.341 e. The van der Waals surface area contributed by atoms with Crippen LogP contribution in [0.1, 0.15) is 28.5 Å². The molecule has 39 heavy (non-hydrogen) atoms. The molecule has 1 fully saturated rings. The van der Waals surface area contributed by atoms with E-state index in [0.717, 1.165) is 6.92 Å². The first-order chi connectivity index (χ1) is 18.6. The largest absolute Gasteiger partial charge is 0.481 e. The molecule has 0 bridgehead atoms. The van der Waals surface area contributed by atoms with Crippen LogP contribution < -0.4 is 15.1 Å². The molecule has 1 aliphatic heterocycles. The maximum atomic E-state index is 12.9. The van der Waals surface area contributed by atoms with Crippen LogP contribution >= 0.6 is 11.3 Å². The molecule has 13 heteroatoms. The summed E-state index contributed by atoms with van der Waals surface area (Å²) in [4.78, 5) is 61.6. The normalized spacial score (nSPS) is 12.8. The van der Waals surface area contributed by atoms with Crippen molar-refractivity contribution in [3.63, 3.8) is 0 Å². The zero-order valence-electron chi connectivity index (χ0n) is 21.3. The van der Waals surface area contributed by atoms with E-state index in [0.29, 0.717) is 46.8 Å². The lowest BCUT2D eigenvalue weighted by Gasteiger charge is -2.39. The van der Waals surface area contributed by atoms with Crippen molar-refractivity contribution in [2.24, 2.45) is 5.92 Å². The Balaban J connectivity index is 0.000000826. The van der Waals surface area contributed by atoms with Crippen LogP contribution in [0.2, 0.25) is 0 Å². The van der Waals surface area contributed by atoms with E-state index < -0.39 is 17.4 Å². The number of aromatic carboxylic acids is 1. The highest BCUT2D eigenvalue weighted by Crippen LogP contribution is 2.29. The van der Waals surface area contributed by atoms with Crippen molar-refractivity contribution in [1.29, 1.82) is 0 Å². The van der Waals surface area contributed by atoms with Gasteiger partial charge >= 0.3 is 5.97 Å². The van der Waals surface area contributed by atoms with E-state index >= 15 is 0 Å². The summed E-state index contributed by atoms with van der Waals surface area (Å²) in [6.07, 6.45) is 3.09. The third-order valence-electron chi connectivity index (χ3n) is 6.00. The van der Waals surface area contributed by atoms with Crippen molar-refractivity contribution < 1.29 is 29.3 Å². The summed E-state index contributed by atoms with van der Waals surface area (Å²) in [5, 5.41) is 19.5. The van der Waals surface area contributed by atoms with Crippen LogP contribution in [0.4, 0.5) is 5.82 Å². The van der Waals surface area contributed by atoms with Crippen molar-refractivity contribution >= 4 is 45.9 Å². The summed E-state index contributed by atoms with van der Waals surface area (Å²) >= 11 is 1.31. The number of ketones is 1. The van der Waals surface area contributed by atoms with Crippen molar-refractivity contribution in [2.45, 2.75) is 20.3 Å². The SMILES string of the molecule is CC(=O)O.COc1cccc(CC(=O)C2CN(c3cc(C)c4c(=O)c(C(=O)O)cn(-c5nccs5)c4n3)C2)n1. The van der Waals surface area contributed by atoms with Crippen LogP contribution in [0, 0.1) is 12.8 Å². The summed E-state index contributed by atoms with van der Waals surface area (Å²) < 4.78 is 6.66. The molecule has 5 heterocycles. The molecule has 5 rings (SSSR count). The Morgan fingerprint density at radius 2 is 1.90 bits per heavy atom. The third-order valence-corrected chi connectivity index (χ3v) is 6.78. The van der Waals surface area contributed by atoms with E-state index in [-0.39, 0.29) is 29.1 Å². The average molecular weight is 552 g/mol. The van der Waals surface area contributed by atoms with Gasteiger partial charge in [-0.1, -0.05) is 6.07 Å². The van der Waals surface area contributed by atoms with Gasteiger partial charge in [-0.3, -0.25) is 19.0 Å². The molecule has 0 atom stereocenters. The molecular formula is C26H25N5O7S. The molecule has 0 unspecified atom stereocenters. The van der Waals surface area contributed by atoms with Gasteiger partial charge in [-0.05, 0) is 24.6 Å². The summed E-state index contributed by atoms with van der Waals surface area (Å²) in [5.41, 5.74) is 0.679. The number of aromatic nitrogens is 4. The third kappa shape index (κ3) is 5.93. The summed E-state index contributed by atoms with van der Waals surface area (Å²) in [5.74, 6) is -1.12. The number of carboxylic acids is 2. The van der Waals surface area contributed by atoms with Crippen molar-refractivity contribution in [2.75, 3.05) is 25.1 Å². The maximum absolute atomic E-state index is 12.9. The molecule has 0 spiro atoms. The predicted molar refractivity (Wildman–Crippen MR) is 143 cm³/mol. The zero-order valence-corrected chi connectivity index (χ0v) is 22.1. The smallest absolute Gasteiger partial charge is 0.341 e. The van der Waals surface area contributed by atoms with Gasteiger partial charge in [-0.15, -0.1) is 11.3 Å². The van der Waals surface area contributed by atoms with Crippen LogP contribution in [0.15, 0.2) is 46.8 Å². The topological polar surface area (TPSA) is 165 Å². The van der Waals surface area contributed by atoms with Crippen molar-refractivity contribution in [3.8, 4) is 11.0 Å². The predicted octanol–water partition coefficient (Wildman–Crippen LogP) is 2.59. The molecular weight excluding hydrogens is 526 g/mol. The molecule has 1 saturated heterocycles. The molecule has 0 saturated carbocycles. The van der Waals surface area contributed by atoms with Gasteiger partial charge in [-0.25, -0.2) is 19.7 Å². The molecule has 0 radical (unpaired) electrons. The molecule has 0 amide bonds. The van der Waals surface area contributed by atoms with Crippen molar-refractivity contribution in [3.05, 3.63) is 69.1 Å². The van der Waals surface area contributed by atoms with E-state index in [1.54, 1.807) is 42.8 Å². The Hall–Kier alpha value is -4.65. The first kappa shape index (κ1) is 27.4. The first-order valence-corrected chi connectivity index (χ1v) is 12.6. The minimum absolute atomic E-state index is 0.0882. The second kappa shape index (κ2) is 11.4. The minimum atomic E-state index is -1.31. The number of nitrogens with zero attached hydrogens (tertiary/aromatic N) is 5. The van der Waals surface area contributed by atoms with E-state index in [2.05, 4.69) is 9.97 Å². The van der Waals surface area contributed by atoms with Gasteiger partial charge in [-0.2, -0.15) is 0 Å². The Labute approximate surface area is 226 Å². The fourth-order valence-electron chi connectivity index (χ4n) is 4.13. The lowest BCUT2D eigenvalue weighted by molar-refractivity contribution is -0.134. The highest BCUT2D eigenvalue weighted by atomic mass is 32.1. The fraction of sp³-hybridized carbons (Fsp3) is 0.269. The number of carboxylic acid groups (broad SMARTS) is 2. The lowest BCUT2D eigenvalue weighted by atomic mass is 9.92. The van der Waals surface area contributed by atoms with Gasteiger partial charge in [0.2, 0.25) is 11.3 Å². The Bertz CT molecular complexity index is 1610. The average Bonchev–Trinajstić information content (AvgIpc) is 3.37. The number of aryl methyl sites for hydroxylation is 1. The number of hydrogen-bond acceptors (Lipinski definition) is 10. The molecule has 4 aromatic rings. The number of carbonyl (C=O) groups is 3. The summed E-state index contributed by atoms with van der Waals surface area (Å²) in [7, 11) is 1.53. The summed E-state index contributed by atoms with van der Waals surface area (Å²) in [6, 6.07) is 7.10. The number of thiazole rings is 1. The highest BCUT2D eigenvalue weighted by molar-refractivity contribution is 7.12. The van der Waals surface area contributed by atoms with E-state index in [9.17, 15) is 19.5 Å². The number of ether oxygens (including phenoxy) is 1. The number of carbonyl (C=O) groups excluding carboxylic acids is 1. The van der Waals surface area contributed by atoms with E-state index in [1.165, 1.54) is 29.2 Å². The number of rotatable bonds is 7. The number of hydrogen-bond donors (Lipinski definition) is 2. The molecule has 4 aromatic heterocycles. The lowest BCUT2D eigenvalue weighted by Crippen LogP contribution is -2.51. The highest BCUT2D eigenvalue weighted by Gasteiger charge is 2.34. The molecule has 12 nitrogen and oxygen atoms in total. The molecule has 0 aliphatic carbocycles. The standard InChI is InChI=1S/C24H21N5O5S.C2H4O2/c1-13-8-18(28-10-14(11-28)17(30)9-15-4-3-5-19(26-15)34-2)27-22-20(13)21(31)16(23(32)33)12-29(22)24-25-6-7-35-24;1-2(3)4/h3-8,12,14H,9-11H2,1-2H3,(H,32,33);1H3,(H,3,4). The molecule has 0 aromatic carbocycles. The van der Waals surface area contributed by atoms with Crippen LogP contribution in [-0.4, -0.2) is 67.7 Å². The second-order valence-electron chi connectivity index (χ2n) is 8.79. The molecule has 2 N–H and O–H groups in total. The number of aliphatic carboxylic acids is 1. The molecule has 202 valence electrons. The van der Waals surface area contributed by atoms with Crippen LogP contribution in [0.25, 0.3) is 16.2 Å². The Morgan fingerprint density at radius 3 is 2.51 bits per heavy atom. The van der Waals surface area contributed by atoms with Gasteiger partial charge < -0.3 is 19.8 Å². The summed E-state index contributed by atoms with van der Waals surface area (Å²) in [6.45, 7) is 3.83. The van der Waals surface area contributed by atoms with E-state index in [1.807, 2.05) is 4.90 Å². The number of Topliss-reactive ketones (excluding diaryl/α,β-unsaturated/α-hetero) is 1. The monoisotopic (exact) mass is 551 g/mol. The number of fused-ring (bicyclic) bond motifs is 1. The van der Waals surface area contributed by atoms with Gasteiger partial charge in [0.15, 0.2) is 10.8 Å². The quantitative estimate of drug-likeness (QED) is 0.347. The number of pyridine rings is 3. The molecule has 1 aliphatic rings. The van der Waals surface area contributed by atoms with Gasteiger partial charge in [0.1, 0.15) is 17.2 Å². The number of anilines is 1. The van der Waals surface area contributed by atoms with Gasteiger partial charge in [0.25, 0.3) is 5.97 Å².